The van der Waals surface area contributed by atoms with Gasteiger partial charge < -0.3 is 19.2 Å². The van der Waals surface area contributed by atoms with Crippen LogP contribution in [0.25, 0.3) is 0 Å². The van der Waals surface area contributed by atoms with E-state index in [2.05, 4.69) is 9.88 Å². The van der Waals surface area contributed by atoms with Gasteiger partial charge in [-0.05, 0) is 42.7 Å². The topological polar surface area (TPSA) is 51.7 Å². The molecule has 1 saturated heterocycles. The summed E-state index contributed by atoms with van der Waals surface area (Å²) in [6, 6.07) is 11.5. The lowest BCUT2D eigenvalue weighted by molar-refractivity contribution is -0.117. The summed E-state index contributed by atoms with van der Waals surface area (Å²) in [6.45, 7) is 5.19. The summed E-state index contributed by atoms with van der Waals surface area (Å²) in [5.41, 5.74) is 1.13. The number of halogens is 2. The molecule has 1 aliphatic rings. The molecule has 1 aromatic carbocycles. The van der Waals surface area contributed by atoms with E-state index in [1.807, 2.05) is 37.3 Å². The Morgan fingerprint density at radius 2 is 1.93 bits per heavy atom. The van der Waals surface area contributed by atoms with E-state index in [4.69, 9.17) is 9.47 Å². The Kier molecular flexibility index (Phi) is 7.60. The van der Waals surface area contributed by atoms with Crippen LogP contribution in [0.4, 0.5) is 14.6 Å². The van der Waals surface area contributed by atoms with Crippen molar-refractivity contribution >= 4 is 11.6 Å². The van der Waals surface area contributed by atoms with E-state index >= 15 is 0 Å². The zero-order chi connectivity index (χ0) is 21.5. The predicted octanol–water partition coefficient (Wildman–Crippen LogP) is 4.86. The number of pyridine rings is 1. The van der Waals surface area contributed by atoms with E-state index in [0.717, 1.165) is 36.6 Å². The molecule has 1 aliphatic heterocycles. The lowest BCUT2D eigenvalue weighted by atomic mass is 9.96. The summed E-state index contributed by atoms with van der Waals surface area (Å²) in [4.78, 5) is 17.8. The number of ether oxygens (including phenoxy) is 2. The molecule has 7 heteroatoms. The standard InChI is InChI=1S/C23H28F2N2O3/c1-16(13-17(2)28)18-3-5-19(6-4-18)30-21-9-11-27(15-21)23-8-7-20(14-26-23)29-12-10-22(24)25/h3-8,14,16,21-22H,9-13,15H2,1-2H3/t16-,21?/m1/s1. The smallest absolute Gasteiger partial charge is 0.241 e. The second kappa shape index (κ2) is 10.4. The van der Waals surface area contributed by atoms with E-state index in [1.165, 1.54) is 0 Å². The van der Waals surface area contributed by atoms with Crippen LogP contribution in [-0.4, -0.2) is 43.0 Å². The Morgan fingerprint density at radius 1 is 1.20 bits per heavy atom. The predicted molar refractivity (Wildman–Crippen MR) is 112 cm³/mol. The summed E-state index contributed by atoms with van der Waals surface area (Å²) in [5.74, 6) is 2.51. The number of benzene rings is 1. The largest absolute Gasteiger partial charge is 0.492 e. The fraction of sp³-hybridized carbons (Fsp3) is 0.478. The van der Waals surface area contributed by atoms with E-state index in [-0.39, 0.29) is 30.8 Å². The van der Waals surface area contributed by atoms with Crippen LogP contribution in [0.3, 0.4) is 0 Å². The fourth-order valence-corrected chi connectivity index (χ4v) is 3.56. The quantitative estimate of drug-likeness (QED) is 0.552. The number of rotatable bonds is 10. The lowest BCUT2D eigenvalue weighted by Crippen LogP contribution is -2.25. The van der Waals surface area contributed by atoms with Gasteiger partial charge in [0, 0.05) is 25.8 Å². The molecular weight excluding hydrogens is 390 g/mol. The highest BCUT2D eigenvalue weighted by Gasteiger charge is 2.25. The summed E-state index contributed by atoms with van der Waals surface area (Å²) < 4.78 is 35.7. The van der Waals surface area contributed by atoms with Crippen LogP contribution in [0.2, 0.25) is 0 Å². The number of hydrogen-bond donors (Lipinski definition) is 0. The average Bonchev–Trinajstić information content (AvgIpc) is 3.17. The van der Waals surface area contributed by atoms with Crippen LogP contribution in [0, 0.1) is 0 Å². The maximum Gasteiger partial charge on any atom is 0.241 e. The molecule has 1 aromatic heterocycles. The van der Waals surface area contributed by atoms with Crippen molar-refractivity contribution in [1.82, 2.24) is 4.98 Å². The third-order valence-electron chi connectivity index (χ3n) is 5.14. The molecular formula is C23H28F2N2O3. The van der Waals surface area contributed by atoms with Crippen molar-refractivity contribution in [2.45, 2.75) is 51.6 Å². The molecule has 0 N–H and O–H groups in total. The van der Waals surface area contributed by atoms with E-state index in [0.29, 0.717) is 12.2 Å². The van der Waals surface area contributed by atoms with Gasteiger partial charge in [-0.25, -0.2) is 13.8 Å². The Balaban J connectivity index is 1.49. The summed E-state index contributed by atoms with van der Waals surface area (Å²) in [6.07, 6.45) is 0.407. The van der Waals surface area contributed by atoms with Crippen LogP contribution in [-0.2, 0) is 4.79 Å². The first-order chi connectivity index (χ1) is 14.4. The molecule has 30 heavy (non-hydrogen) atoms. The van der Waals surface area contributed by atoms with Gasteiger partial charge >= 0.3 is 0 Å². The van der Waals surface area contributed by atoms with Gasteiger partial charge in [-0.15, -0.1) is 0 Å². The molecule has 0 saturated carbocycles. The molecule has 0 aliphatic carbocycles. The molecule has 162 valence electrons. The summed E-state index contributed by atoms with van der Waals surface area (Å²) >= 11 is 0. The highest BCUT2D eigenvalue weighted by Crippen LogP contribution is 2.26. The average molecular weight is 418 g/mol. The van der Waals surface area contributed by atoms with E-state index in [9.17, 15) is 13.6 Å². The Bertz CT molecular complexity index is 812. The van der Waals surface area contributed by atoms with Crippen molar-refractivity contribution < 1.29 is 23.0 Å². The normalized spacial score (nSPS) is 17.2. The SMILES string of the molecule is CC(=O)C[C@@H](C)c1ccc(OC2CCN(c3ccc(OCCC(F)F)cn3)C2)cc1. The molecule has 2 atom stereocenters. The minimum Gasteiger partial charge on any atom is -0.492 e. The third kappa shape index (κ3) is 6.40. The van der Waals surface area contributed by atoms with Gasteiger partial charge in [0.1, 0.15) is 29.2 Å². The molecule has 2 heterocycles. The minimum absolute atomic E-state index is 0.0232. The van der Waals surface area contributed by atoms with Gasteiger partial charge in [0.2, 0.25) is 6.43 Å². The number of carbonyl (C=O) groups is 1. The molecule has 1 unspecified atom stereocenters. The van der Waals surface area contributed by atoms with Crippen LogP contribution >= 0.6 is 0 Å². The first-order valence-corrected chi connectivity index (χ1v) is 10.3. The first kappa shape index (κ1) is 22.0. The summed E-state index contributed by atoms with van der Waals surface area (Å²) in [7, 11) is 0. The fourth-order valence-electron chi connectivity index (χ4n) is 3.56. The second-order valence-electron chi connectivity index (χ2n) is 7.73. The van der Waals surface area contributed by atoms with Gasteiger partial charge in [0.25, 0.3) is 0 Å². The number of Topliss-reactive ketones (excluding diaryl/α,β-unsaturated/α-hetero) is 1. The molecule has 0 amide bonds. The highest BCUT2D eigenvalue weighted by molar-refractivity contribution is 5.76. The lowest BCUT2D eigenvalue weighted by Gasteiger charge is -2.19. The molecule has 0 spiro atoms. The van der Waals surface area contributed by atoms with Gasteiger partial charge in [-0.3, -0.25) is 0 Å². The number of alkyl halides is 2. The monoisotopic (exact) mass is 418 g/mol. The van der Waals surface area contributed by atoms with E-state index in [1.54, 1.807) is 19.2 Å². The van der Waals surface area contributed by atoms with Gasteiger partial charge in [-0.2, -0.15) is 0 Å². The Labute approximate surface area is 176 Å². The van der Waals surface area contributed by atoms with Gasteiger partial charge in [0.15, 0.2) is 0 Å². The highest BCUT2D eigenvalue weighted by atomic mass is 19.3. The molecule has 3 rings (SSSR count). The number of ketones is 1. The van der Waals surface area contributed by atoms with Crippen molar-refractivity contribution in [2.24, 2.45) is 0 Å². The van der Waals surface area contributed by atoms with Crippen molar-refractivity contribution in [3.8, 4) is 11.5 Å². The molecule has 5 nitrogen and oxygen atoms in total. The van der Waals surface area contributed by atoms with Crippen LogP contribution in [0.15, 0.2) is 42.6 Å². The van der Waals surface area contributed by atoms with Crippen LogP contribution in [0.1, 0.15) is 44.6 Å². The number of nitrogens with zero attached hydrogens (tertiary/aromatic N) is 2. The third-order valence-corrected chi connectivity index (χ3v) is 5.14. The Morgan fingerprint density at radius 3 is 2.57 bits per heavy atom. The number of carbonyl (C=O) groups excluding carboxylic acids is 1. The molecule has 0 bridgehead atoms. The maximum atomic E-state index is 12.2. The zero-order valence-corrected chi connectivity index (χ0v) is 17.4. The molecule has 0 radical (unpaired) electrons. The first-order valence-electron chi connectivity index (χ1n) is 10.3. The van der Waals surface area contributed by atoms with Crippen LogP contribution < -0.4 is 14.4 Å². The van der Waals surface area contributed by atoms with Crippen molar-refractivity contribution in [2.75, 3.05) is 24.6 Å². The number of aromatic nitrogens is 1. The maximum absolute atomic E-state index is 12.2. The van der Waals surface area contributed by atoms with Crippen LogP contribution in [0.5, 0.6) is 11.5 Å². The zero-order valence-electron chi connectivity index (χ0n) is 17.4. The van der Waals surface area contributed by atoms with Gasteiger partial charge in [0.05, 0.1) is 19.3 Å². The van der Waals surface area contributed by atoms with E-state index < -0.39 is 6.43 Å². The second-order valence-corrected chi connectivity index (χ2v) is 7.73. The van der Waals surface area contributed by atoms with Gasteiger partial charge in [-0.1, -0.05) is 19.1 Å². The Hall–Kier alpha value is -2.70. The van der Waals surface area contributed by atoms with Crippen molar-refractivity contribution in [3.63, 3.8) is 0 Å². The number of hydrogen-bond acceptors (Lipinski definition) is 5. The van der Waals surface area contributed by atoms with Crippen molar-refractivity contribution in [1.29, 1.82) is 0 Å². The van der Waals surface area contributed by atoms with Crippen molar-refractivity contribution in [3.05, 3.63) is 48.2 Å². The minimum atomic E-state index is -2.36. The molecule has 2 aromatic rings. The molecule has 1 fully saturated rings. The number of anilines is 1. The summed E-state index contributed by atoms with van der Waals surface area (Å²) in [5, 5.41) is 0.